The van der Waals surface area contributed by atoms with Gasteiger partial charge in [-0.15, -0.1) is 24.8 Å². The normalized spacial score (nSPS) is 14.3. The molecule has 1 aliphatic rings. The first-order chi connectivity index (χ1) is 25.1. The lowest BCUT2D eigenvalue weighted by atomic mass is 9.89. The Labute approximate surface area is 329 Å². The van der Waals surface area contributed by atoms with Crippen molar-refractivity contribution in [2.45, 2.75) is 63.8 Å². The lowest BCUT2D eigenvalue weighted by Crippen LogP contribution is -2.56. The number of imidazole rings is 1. The van der Waals surface area contributed by atoms with Crippen LogP contribution in [0.2, 0.25) is 0 Å². The van der Waals surface area contributed by atoms with E-state index in [1.54, 1.807) is 30.9 Å². The van der Waals surface area contributed by atoms with Gasteiger partial charge < -0.3 is 30.6 Å². The lowest BCUT2D eigenvalue weighted by Gasteiger charge is -2.34. The molecule has 10 nitrogen and oxygen atoms in total. The number of nitrogens with one attached hydrogen (secondary N) is 2. The summed E-state index contributed by atoms with van der Waals surface area (Å²) in [5, 5.41) is 8.04. The predicted octanol–water partition coefficient (Wildman–Crippen LogP) is 6.72. The van der Waals surface area contributed by atoms with Gasteiger partial charge in [-0.3, -0.25) is 14.4 Å². The van der Waals surface area contributed by atoms with Crippen molar-refractivity contribution in [2.24, 2.45) is 11.7 Å². The number of piperidine rings is 1. The zero-order valence-corrected chi connectivity index (χ0v) is 32.4. The maximum atomic E-state index is 14.2. The molecule has 1 fully saturated rings. The molecule has 1 aromatic heterocycles. The molecule has 12 heteroatoms. The second-order valence-electron chi connectivity index (χ2n) is 14.2. The molecule has 3 amide bonds. The summed E-state index contributed by atoms with van der Waals surface area (Å²) in [6, 6.07) is 32.6. The average molecular weight is 774 g/mol. The van der Waals surface area contributed by atoms with E-state index in [4.69, 9.17) is 10.5 Å². The third-order valence-corrected chi connectivity index (χ3v) is 9.68. The van der Waals surface area contributed by atoms with E-state index < -0.39 is 29.4 Å². The number of aromatic nitrogens is 2. The minimum atomic E-state index is -1.20. The number of ether oxygens (including phenoxy) is 1. The van der Waals surface area contributed by atoms with Gasteiger partial charge in [0.05, 0.1) is 25.1 Å². The fourth-order valence-corrected chi connectivity index (χ4v) is 6.61. The number of hydrogen-bond donors (Lipinski definition) is 3. The number of benzene rings is 4. The summed E-state index contributed by atoms with van der Waals surface area (Å²) < 4.78 is 7.56. The number of hydrogen-bond acceptors (Lipinski definition) is 6. The first kappa shape index (κ1) is 42.0. The summed E-state index contributed by atoms with van der Waals surface area (Å²) >= 11 is 0. The van der Waals surface area contributed by atoms with E-state index in [1.165, 1.54) is 16.3 Å². The largest absolute Gasteiger partial charge is 0.374 e. The minimum Gasteiger partial charge on any atom is -0.374 e. The molecular weight excluding hydrogens is 723 g/mol. The lowest BCUT2D eigenvalue weighted by molar-refractivity contribution is -0.135. The van der Waals surface area contributed by atoms with Crippen LogP contribution in [-0.2, 0) is 32.1 Å². The van der Waals surface area contributed by atoms with E-state index in [0.29, 0.717) is 19.0 Å². The summed E-state index contributed by atoms with van der Waals surface area (Å²) in [5.41, 5.74) is 7.92. The zero-order valence-electron chi connectivity index (χ0n) is 30.7. The Morgan fingerprint density at radius 2 is 1.52 bits per heavy atom. The number of anilines is 1. The Kier molecular flexibility index (Phi) is 15.2. The monoisotopic (exact) mass is 772 g/mol. The average Bonchev–Trinajstić information content (AvgIpc) is 3.61. The van der Waals surface area contributed by atoms with E-state index in [0.717, 1.165) is 36.8 Å². The van der Waals surface area contributed by atoms with Crippen molar-refractivity contribution in [1.82, 2.24) is 19.8 Å². The second kappa shape index (κ2) is 19.5. The molecule has 0 radical (unpaired) electrons. The van der Waals surface area contributed by atoms with Gasteiger partial charge >= 0.3 is 0 Å². The van der Waals surface area contributed by atoms with Crippen molar-refractivity contribution in [3.63, 3.8) is 0 Å². The standard InChI is InChI=1S/C42H48N6O4.2ClH/c1-42(2,43)41(51)45-36(28-52-27-32-11-5-3-6-12-32)39(49)46-37-26-48(29-44-37)38(34-14-7-4-8-15-34)40(50)47-23-21-30(22-24-47)17-18-31-19-20-33-13-9-10-16-35(33)25-31;;/h3-16,19-20,25-26,29-30,36,38H,17-18,21-24,27-28,43H2,1-2H3,(H,45,51)(H,46,49);2*1H/t36-,38?;;/m1../s1. The van der Waals surface area contributed by atoms with Crippen molar-refractivity contribution in [3.8, 4) is 0 Å². The van der Waals surface area contributed by atoms with Gasteiger partial charge in [0.2, 0.25) is 11.8 Å². The van der Waals surface area contributed by atoms with Crippen molar-refractivity contribution in [2.75, 3.05) is 25.0 Å². The van der Waals surface area contributed by atoms with E-state index in [2.05, 4.69) is 58.1 Å². The molecule has 2 atom stereocenters. The fourth-order valence-electron chi connectivity index (χ4n) is 6.61. The molecule has 2 heterocycles. The number of nitrogens with two attached hydrogens (primary N) is 1. The second-order valence-corrected chi connectivity index (χ2v) is 14.2. The predicted molar refractivity (Wildman–Crippen MR) is 218 cm³/mol. The number of likely N-dealkylation sites (tertiary alicyclic amines) is 1. The van der Waals surface area contributed by atoms with Crippen LogP contribution in [0, 0.1) is 5.92 Å². The smallest absolute Gasteiger partial charge is 0.250 e. The third kappa shape index (κ3) is 11.1. The van der Waals surface area contributed by atoms with Crippen molar-refractivity contribution in [3.05, 3.63) is 132 Å². The molecule has 286 valence electrons. The Morgan fingerprint density at radius 3 is 2.20 bits per heavy atom. The van der Waals surface area contributed by atoms with Gasteiger partial charge in [0.15, 0.2) is 5.82 Å². The van der Waals surface area contributed by atoms with Crippen LogP contribution in [0.4, 0.5) is 5.82 Å². The van der Waals surface area contributed by atoms with Crippen LogP contribution in [0.1, 0.15) is 55.8 Å². The molecule has 0 saturated carbocycles. The van der Waals surface area contributed by atoms with Crippen LogP contribution in [0.5, 0.6) is 0 Å². The molecule has 5 aromatic rings. The number of nitrogens with zero attached hydrogens (tertiary/aromatic N) is 3. The molecule has 1 aliphatic heterocycles. The first-order valence-electron chi connectivity index (χ1n) is 18.0. The maximum absolute atomic E-state index is 14.2. The molecule has 0 aliphatic carbocycles. The Bertz CT molecular complexity index is 1960. The highest BCUT2D eigenvalue weighted by molar-refractivity contribution is 5.98. The number of fused-ring (bicyclic) bond motifs is 1. The summed E-state index contributed by atoms with van der Waals surface area (Å²) in [5.74, 6) is -0.215. The molecular formula is C42H50Cl2N6O4. The summed E-state index contributed by atoms with van der Waals surface area (Å²) in [7, 11) is 0. The van der Waals surface area contributed by atoms with Gasteiger partial charge in [0.1, 0.15) is 12.1 Å². The molecule has 4 aromatic carbocycles. The molecule has 0 bridgehead atoms. The van der Waals surface area contributed by atoms with E-state index in [-0.39, 0.29) is 49.8 Å². The number of halogens is 2. The third-order valence-electron chi connectivity index (χ3n) is 9.68. The summed E-state index contributed by atoms with van der Waals surface area (Å²) in [6.45, 7) is 4.70. The van der Waals surface area contributed by atoms with E-state index in [9.17, 15) is 14.4 Å². The Morgan fingerprint density at radius 1 is 0.870 bits per heavy atom. The van der Waals surface area contributed by atoms with Crippen molar-refractivity contribution >= 4 is 59.1 Å². The van der Waals surface area contributed by atoms with Gasteiger partial charge in [-0.2, -0.15) is 0 Å². The van der Waals surface area contributed by atoms with Gasteiger partial charge in [0.25, 0.3) is 5.91 Å². The highest BCUT2D eigenvalue weighted by atomic mass is 35.5. The summed E-state index contributed by atoms with van der Waals surface area (Å²) in [6.07, 6.45) is 7.22. The van der Waals surface area contributed by atoms with Crippen LogP contribution < -0.4 is 16.4 Å². The van der Waals surface area contributed by atoms with Crippen LogP contribution in [-0.4, -0.2) is 63.4 Å². The number of rotatable bonds is 14. The minimum absolute atomic E-state index is 0. The highest BCUT2D eigenvalue weighted by Crippen LogP contribution is 2.28. The van der Waals surface area contributed by atoms with Crippen LogP contribution in [0.15, 0.2) is 116 Å². The first-order valence-corrected chi connectivity index (χ1v) is 18.0. The molecule has 0 spiro atoms. The maximum Gasteiger partial charge on any atom is 0.250 e. The van der Waals surface area contributed by atoms with Gasteiger partial charge in [-0.25, -0.2) is 4.98 Å². The molecule has 54 heavy (non-hydrogen) atoms. The van der Waals surface area contributed by atoms with Gasteiger partial charge in [-0.05, 0) is 72.9 Å². The summed E-state index contributed by atoms with van der Waals surface area (Å²) in [4.78, 5) is 46.9. The number of carbonyl (C=O) groups excluding carboxylic acids is 3. The van der Waals surface area contributed by atoms with E-state index in [1.807, 2.05) is 65.6 Å². The zero-order chi connectivity index (χ0) is 36.5. The topological polar surface area (TPSA) is 132 Å². The van der Waals surface area contributed by atoms with Crippen molar-refractivity contribution in [1.29, 1.82) is 0 Å². The quantitative estimate of drug-likeness (QED) is 0.115. The Hall–Kier alpha value is -4.74. The van der Waals surface area contributed by atoms with Gasteiger partial charge in [-0.1, -0.05) is 103 Å². The highest BCUT2D eigenvalue weighted by Gasteiger charge is 2.32. The molecule has 1 saturated heterocycles. The molecule has 4 N–H and O–H groups in total. The fraction of sp³-hybridized carbons (Fsp3) is 0.333. The van der Waals surface area contributed by atoms with E-state index >= 15 is 0 Å². The van der Waals surface area contributed by atoms with Crippen LogP contribution in [0.3, 0.4) is 0 Å². The molecule has 1 unspecified atom stereocenters. The number of carbonyl (C=O) groups is 3. The SMILES string of the molecule is CC(C)(N)C(=O)N[C@H](COCc1ccccc1)C(=O)Nc1cn(C(C(=O)N2CCC(CCc3ccc4ccccc4c3)CC2)c2ccccc2)cn1.Cl.Cl. The van der Waals surface area contributed by atoms with Crippen LogP contribution in [0.25, 0.3) is 10.8 Å². The number of amides is 3. The van der Waals surface area contributed by atoms with Gasteiger partial charge in [0, 0.05) is 19.3 Å². The number of aryl methyl sites for hydroxylation is 1. The van der Waals surface area contributed by atoms with Crippen molar-refractivity contribution < 1.29 is 19.1 Å². The molecule has 6 rings (SSSR count). The van der Waals surface area contributed by atoms with Crippen LogP contribution >= 0.6 is 24.8 Å². The Balaban J connectivity index is 0.00000325.